The zero-order valence-corrected chi connectivity index (χ0v) is 16.2. The van der Waals surface area contributed by atoms with Crippen molar-refractivity contribution in [3.63, 3.8) is 0 Å². The highest BCUT2D eigenvalue weighted by atomic mass is 16.3. The van der Waals surface area contributed by atoms with E-state index in [4.69, 9.17) is 0 Å². The lowest BCUT2D eigenvalue weighted by Crippen LogP contribution is -2.27. The van der Waals surface area contributed by atoms with Crippen LogP contribution in [0.25, 0.3) is 0 Å². The summed E-state index contributed by atoms with van der Waals surface area (Å²) in [5.41, 5.74) is 0.467. The van der Waals surface area contributed by atoms with E-state index < -0.39 is 0 Å². The van der Waals surface area contributed by atoms with E-state index in [1.54, 1.807) is 0 Å². The van der Waals surface area contributed by atoms with Crippen molar-refractivity contribution in [3.05, 3.63) is 0 Å². The van der Waals surface area contributed by atoms with E-state index in [1.807, 2.05) is 0 Å². The summed E-state index contributed by atoms with van der Waals surface area (Å²) in [6.45, 7) is 14.0. The van der Waals surface area contributed by atoms with Gasteiger partial charge in [-0.1, -0.05) is 54.4 Å². The normalized spacial score (nSPS) is 26.2. The summed E-state index contributed by atoms with van der Waals surface area (Å²) in [5, 5.41) is 10.5. The molecule has 1 heteroatoms. The third kappa shape index (κ3) is 7.99. The fraction of sp³-hybridized carbons (Fsp3) is 1.00. The molecule has 1 N–H and O–H groups in total. The van der Waals surface area contributed by atoms with Gasteiger partial charge in [0, 0.05) is 0 Å². The van der Waals surface area contributed by atoms with Crippen molar-refractivity contribution in [2.75, 3.05) is 0 Å². The molecule has 0 aromatic heterocycles. The maximum Gasteiger partial charge on any atom is 0.0568 e. The molecule has 0 amide bonds. The van der Waals surface area contributed by atoms with Crippen LogP contribution in [0.1, 0.15) is 99.3 Å². The van der Waals surface area contributed by atoms with Crippen LogP contribution in [0, 0.1) is 29.1 Å². The molecule has 1 fully saturated rings. The van der Waals surface area contributed by atoms with E-state index in [0.29, 0.717) is 11.3 Å². The quantitative estimate of drug-likeness (QED) is 0.546. The van der Waals surface area contributed by atoms with Crippen LogP contribution in [-0.2, 0) is 0 Å². The monoisotopic (exact) mass is 310 g/mol. The molecule has 2 atom stereocenters. The molecule has 0 heterocycles. The molecule has 0 saturated heterocycles. The van der Waals surface area contributed by atoms with Crippen molar-refractivity contribution in [1.82, 2.24) is 0 Å². The molecular weight excluding hydrogens is 268 g/mol. The number of hydrogen-bond donors (Lipinski definition) is 1. The Kier molecular flexibility index (Phi) is 8.46. The summed E-state index contributed by atoms with van der Waals surface area (Å²) in [4.78, 5) is 0. The molecule has 1 aliphatic rings. The standard InChI is InChI=1S/C21H42O/c1-16(2)18-10-12-19(13-11-18)20(22)14-9-17(3)8-7-15-21(4,5)6/h16-20,22H,7-15H2,1-6H3. The van der Waals surface area contributed by atoms with Crippen LogP contribution in [0.15, 0.2) is 0 Å². The van der Waals surface area contributed by atoms with Crippen LogP contribution < -0.4 is 0 Å². The molecule has 1 saturated carbocycles. The topological polar surface area (TPSA) is 20.2 Å². The van der Waals surface area contributed by atoms with Gasteiger partial charge in [-0.05, 0) is 74.0 Å². The van der Waals surface area contributed by atoms with Crippen molar-refractivity contribution in [3.8, 4) is 0 Å². The Morgan fingerprint density at radius 1 is 0.864 bits per heavy atom. The summed E-state index contributed by atoms with van der Waals surface area (Å²) in [6, 6.07) is 0. The van der Waals surface area contributed by atoms with Gasteiger partial charge in [-0.3, -0.25) is 0 Å². The predicted molar refractivity (Wildman–Crippen MR) is 98.0 cm³/mol. The molecule has 0 bridgehead atoms. The van der Waals surface area contributed by atoms with Gasteiger partial charge >= 0.3 is 0 Å². The number of aliphatic hydroxyl groups excluding tert-OH is 1. The Hall–Kier alpha value is -0.0400. The molecule has 1 aliphatic carbocycles. The summed E-state index contributed by atoms with van der Waals surface area (Å²) in [5.74, 6) is 3.07. The van der Waals surface area contributed by atoms with Crippen LogP contribution in [-0.4, -0.2) is 11.2 Å². The summed E-state index contributed by atoms with van der Waals surface area (Å²) in [6.07, 6.45) is 11.3. The predicted octanol–water partition coefficient (Wildman–Crippen LogP) is 6.44. The highest BCUT2D eigenvalue weighted by Crippen LogP contribution is 2.36. The lowest BCUT2D eigenvalue weighted by Gasteiger charge is -2.33. The van der Waals surface area contributed by atoms with Gasteiger partial charge in [-0.2, -0.15) is 0 Å². The Bertz CT molecular complexity index is 281. The maximum atomic E-state index is 10.5. The SMILES string of the molecule is CC(CCCC(C)(C)C)CCC(O)C1CCC(C(C)C)CC1. The molecule has 0 radical (unpaired) electrons. The van der Waals surface area contributed by atoms with Crippen LogP contribution in [0.4, 0.5) is 0 Å². The van der Waals surface area contributed by atoms with E-state index in [-0.39, 0.29) is 6.10 Å². The van der Waals surface area contributed by atoms with Gasteiger partial charge in [-0.15, -0.1) is 0 Å². The van der Waals surface area contributed by atoms with Crippen LogP contribution in [0.5, 0.6) is 0 Å². The molecule has 0 aromatic rings. The van der Waals surface area contributed by atoms with Gasteiger partial charge in [0.1, 0.15) is 0 Å². The highest BCUT2D eigenvalue weighted by molar-refractivity contribution is 4.79. The first-order valence-electron chi connectivity index (χ1n) is 9.87. The van der Waals surface area contributed by atoms with Crippen LogP contribution >= 0.6 is 0 Å². The summed E-state index contributed by atoms with van der Waals surface area (Å²) in [7, 11) is 0. The van der Waals surface area contributed by atoms with Crippen molar-refractivity contribution in [2.24, 2.45) is 29.1 Å². The zero-order chi connectivity index (χ0) is 16.8. The highest BCUT2D eigenvalue weighted by Gasteiger charge is 2.27. The second-order valence-corrected chi connectivity index (χ2v) is 9.62. The van der Waals surface area contributed by atoms with E-state index >= 15 is 0 Å². The molecular formula is C21H42O. The van der Waals surface area contributed by atoms with Gasteiger partial charge in [0.15, 0.2) is 0 Å². The molecule has 1 nitrogen and oxygen atoms in total. The minimum Gasteiger partial charge on any atom is -0.393 e. The first-order valence-corrected chi connectivity index (χ1v) is 9.87. The number of aliphatic hydroxyl groups is 1. The van der Waals surface area contributed by atoms with Gasteiger partial charge in [0.05, 0.1) is 6.10 Å². The molecule has 1 rings (SSSR count). The Morgan fingerprint density at radius 2 is 1.41 bits per heavy atom. The third-order valence-corrected chi connectivity index (χ3v) is 5.88. The minimum atomic E-state index is -0.0434. The van der Waals surface area contributed by atoms with Crippen LogP contribution in [0.3, 0.4) is 0 Å². The molecule has 2 unspecified atom stereocenters. The van der Waals surface area contributed by atoms with Gasteiger partial charge in [0.2, 0.25) is 0 Å². The molecule has 0 spiro atoms. The average molecular weight is 311 g/mol. The fourth-order valence-corrected chi connectivity index (χ4v) is 4.01. The van der Waals surface area contributed by atoms with E-state index in [0.717, 1.165) is 24.2 Å². The van der Waals surface area contributed by atoms with Gasteiger partial charge < -0.3 is 5.11 Å². The van der Waals surface area contributed by atoms with E-state index in [9.17, 15) is 5.11 Å². The smallest absolute Gasteiger partial charge is 0.0568 e. The second-order valence-electron chi connectivity index (χ2n) is 9.62. The maximum absolute atomic E-state index is 10.5. The first-order chi connectivity index (χ1) is 10.2. The largest absolute Gasteiger partial charge is 0.393 e. The van der Waals surface area contributed by atoms with Crippen molar-refractivity contribution in [1.29, 1.82) is 0 Å². The Balaban J connectivity index is 2.16. The second kappa shape index (κ2) is 9.30. The van der Waals surface area contributed by atoms with E-state index in [2.05, 4.69) is 41.5 Å². The average Bonchev–Trinajstić information content (AvgIpc) is 2.43. The lowest BCUT2D eigenvalue weighted by atomic mass is 9.74. The third-order valence-electron chi connectivity index (χ3n) is 5.88. The minimum absolute atomic E-state index is 0.0434. The van der Waals surface area contributed by atoms with Crippen molar-refractivity contribution < 1.29 is 5.11 Å². The van der Waals surface area contributed by atoms with Crippen molar-refractivity contribution in [2.45, 2.75) is 105 Å². The zero-order valence-electron chi connectivity index (χ0n) is 16.2. The first kappa shape index (κ1) is 20.0. The molecule has 132 valence electrons. The number of hydrogen-bond acceptors (Lipinski definition) is 1. The fourth-order valence-electron chi connectivity index (χ4n) is 4.01. The summed E-state index contributed by atoms with van der Waals surface area (Å²) < 4.78 is 0. The van der Waals surface area contributed by atoms with Gasteiger partial charge in [-0.25, -0.2) is 0 Å². The van der Waals surface area contributed by atoms with E-state index in [1.165, 1.54) is 51.4 Å². The Labute approximate surface area is 140 Å². The van der Waals surface area contributed by atoms with Crippen molar-refractivity contribution >= 4 is 0 Å². The number of rotatable bonds is 8. The summed E-state index contributed by atoms with van der Waals surface area (Å²) >= 11 is 0. The lowest BCUT2D eigenvalue weighted by molar-refractivity contribution is 0.0559. The Morgan fingerprint density at radius 3 is 1.91 bits per heavy atom. The van der Waals surface area contributed by atoms with Crippen LogP contribution in [0.2, 0.25) is 0 Å². The molecule has 22 heavy (non-hydrogen) atoms. The molecule has 0 aliphatic heterocycles. The molecule has 0 aromatic carbocycles. The van der Waals surface area contributed by atoms with Gasteiger partial charge in [0.25, 0.3) is 0 Å².